The third kappa shape index (κ3) is 5.84. The van der Waals surface area contributed by atoms with E-state index in [1.807, 2.05) is 48.5 Å². The van der Waals surface area contributed by atoms with Gasteiger partial charge in [-0.3, -0.25) is 4.79 Å². The zero-order chi connectivity index (χ0) is 19.1. The molecule has 2 aromatic carbocycles. The Bertz CT molecular complexity index is 896. The maximum absolute atomic E-state index is 12.1. The summed E-state index contributed by atoms with van der Waals surface area (Å²) >= 11 is 7.77. The number of aryl methyl sites for hydroxylation is 2. The van der Waals surface area contributed by atoms with Gasteiger partial charge < -0.3 is 9.84 Å². The van der Waals surface area contributed by atoms with E-state index in [0.717, 1.165) is 33.3 Å². The minimum atomic E-state index is -0.0863. The van der Waals surface area contributed by atoms with Gasteiger partial charge in [-0.2, -0.15) is 4.98 Å². The highest BCUT2D eigenvalue weighted by atomic mass is 35.5. The molecule has 0 unspecified atom stereocenters. The lowest BCUT2D eigenvalue weighted by molar-refractivity contribution is -0.116. The van der Waals surface area contributed by atoms with Gasteiger partial charge in [-0.25, -0.2) is 0 Å². The van der Waals surface area contributed by atoms with Crippen molar-refractivity contribution in [3.63, 3.8) is 0 Å². The summed E-state index contributed by atoms with van der Waals surface area (Å²) in [5.74, 6) is 1.11. The molecule has 0 saturated heterocycles. The monoisotopic (exact) mass is 401 g/mol. The number of amides is 1. The predicted molar refractivity (Wildman–Crippen MR) is 107 cm³/mol. The third-order valence-electron chi connectivity index (χ3n) is 3.75. The maximum Gasteiger partial charge on any atom is 0.227 e. The van der Waals surface area contributed by atoms with E-state index in [9.17, 15) is 4.79 Å². The van der Waals surface area contributed by atoms with Crippen LogP contribution in [0.15, 0.2) is 62.8 Å². The number of anilines is 1. The Kier molecular flexibility index (Phi) is 6.90. The average molecular weight is 402 g/mol. The summed E-state index contributed by atoms with van der Waals surface area (Å²) in [6, 6.07) is 15.4. The van der Waals surface area contributed by atoms with Gasteiger partial charge in [-0.15, -0.1) is 0 Å². The molecule has 1 amide bonds. The van der Waals surface area contributed by atoms with Crippen LogP contribution in [0.1, 0.15) is 31.5 Å². The van der Waals surface area contributed by atoms with Crippen LogP contribution in [0.2, 0.25) is 5.02 Å². The van der Waals surface area contributed by atoms with Gasteiger partial charge in [0.25, 0.3) is 0 Å². The molecule has 0 atom stereocenters. The largest absolute Gasteiger partial charge is 0.339 e. The highest BCUT2D eigenvalue weighted by Gasteiger charge is 2.09. The van der Waals surface area contributed by atoms with Gasteiger partial charge >= 0.3 is 0 Å². The molecule has 0 spiro atoms. The molecule has 5 nitrogen and oxygen atoms in total. The maximum atomic E-state index is 12.1. The normalized spacial score (nSPS) is 10.7. The van der Waals surface area contributed by atoms with Crippen LogP contribution in [-0.4, -0.2) is 16.0 Å². The summed E-state index contributed by atoms with van der Waals surface area (Å²) in [6.45, 7) is 2.06. The van der Waals surface area contributed by atoms with Crippen molar-refractivity contribution in [2.45, 2.75) is 42.4 Å². The second-order valence-corrected chi connectivity index (χ2v) is 7.48. The summed E-state index contributed by atoms with van der Waals surface area (Å²) in [4.78, 5) is 18.4. The van der Waals surface area contributed by atoms with Gasteiger partial charge in [0.2, 0.25) is 11.8 Å². The van der Waals surface area contributed by atoms with Crippen LogP contribution < -0.4 is 5.32 Å². The molecule has 3 aromatic rings. The molecular weight excluding hydrogens is 382 g/mol. The molecule has 0 fully saturated rings. The number of carbonyl (C=O) groups excluding carboxylic acids is 1. The number of nitrogens with one attached hydrogen (secondary N) is 1. The number of carbonyl (C=O) groups is 1. The summed E-state index contributed by atoms with van der Waals surface area (Å²) in [6.07, 6.45) is 2.48. The Morgan fingerprint density at radius 1 is 1.15 bits per heavy atom. The lowest BCUT2D eigenvalue weighted by Gasteiger charge is -2.07. The van der Waals surface area contributed by atoms with Crippen molar-refractivity contribution in [3.8, 4) is 0 Å². The number of hydrogen-bond donors (Lipinski definition) is 1. The first-order valence-electron chi connectivity index (χ1n) is 8.78. The second-order valence-electron chi connectivity index (χ2n) is 5.96. The van der Waals surface area contributed by atoms with Crippen molar-refractivity contribution in [3.05, 3.63) is 65.3 Å². The van der Waals surface area contributed by atoms with Crippen LogP contribution >= 0.6 is 23.4 Å². The van der Waals surface area contributed by atoms with Crippen LogP contribution in [0.3, 0.4) is 0 Å². The number of rotatable bonds is 8. The molecule has 27 heavy (non-hydrogen) atoms. The van der Waals surface area contributed by atoms with Gasteiger partial charge in [0, 0.05) is 34.7 Å². The molecule has 1 aromatic heterocycles. The second kappa shape index (κ2) is 9.58. The first-order chi connectivity index (χ1) is 13.1. The fourth-order valence-electron chi connectivity index (χ4n) is 2.42. The Labute approximate surface area is 167 Å². The minimum Gasteiger partial charge on any atom is -0.339 e. The van der Waals surface area contributed by atoms with Crippen LogP contribution in [0.5, 0.6) is 0 Å². The minimum absolute atomic E-state index is 0.0863. The van der Waals surface area contributed by atoms with Gasteiger partial charge in [0.15, 0.2) is 5.82 Å². The highest BCUT2D eigenvalue weighted by molar-refractivity contribution is 7.99. The molecule has 0 aliphatic heterocycles. The van der Waals surface area contributed by atoms with Crippen molar-refractivity contribution < 1.29 is 9.32 Å². The van der Waals surface area contributed by atoms with E-state index in [0.29, 0.717) is 24.6 Å². The average Bonchev–Trinajstić information content (AvgIpc) is 3.11. The van der Waals surface area contributed by atoms with E-state index < -0.39 is 0 Å². The fraction of sp³-hybridized carbons (Fsp3) is 0.250. The van der Waals surface area contributed by atoms with Crippen LogP contribution in [0.25, 0.3) is 0 Å². The molecule has 7 heteroatoms. The summed E-state index contributed by atoms with van der Waals surface area (Å²) in [5.41, 5.74) is 0.751. The van der Waals surface area contributed by atoms with E-state index in [1.54, 1.807) is 11.8 Å². The number of nitrogens with zero attached hydrogens (tertiary/aromatic N) is 2. The number of hydrogen-bond acceptors (Lipinski definition) is 5. The predicted octanol–water partition coefficient (Wildman–Crippen LogP) is 5.40. The first kappa shape index (κ1) is 19.5. The van der Waals surface area contributed by atoms with Crippen LogP contribution in [0.4, 0.5) is 5.69 Å². The standard InChI is InChI=1S/C20H20ClN3O2S/c1-2-5-18-23-20(26-24-18)13-12-19(25)22-14-8-10-15(11-9-14)27-17-7-4-3-6-16(17)21/h3-4,6-11H,2,5,12-13H2,1H3,(H,22,25). The number of aromatic nitrogens is 2. The highest BCUT2D eigenvalue weighted by Crippen LogP contribution is 2.33. The van der Waals surface area contributed by atoms with Gasteiger partial charge in [-0.05, 0) is 42.8 Å². The van der Waals surface area contributed by atoms with Gasteiger partial charge in [0.1, 0.15) is 0 Å². The van der Waals surface area contributed by atoms with Gasteiger partial charge in [-0.1, -0.05) is 47.6 Å². The van der Waals surface area contributed by atoms with Crippen molar-refractivity contribution in [2.75, 3.05) is 5.32 Å². The molecule has 140 valence electrons. The number of benzene rings is 2. The molecule has 1 N–H and O–H groups in total. The van der Waals surface area contributed by atoms with Crippen LogP contribution in [0, 0.1) is 0 Å². The zero-order valence-electron chi connectivity index (χ0n) is 14.9. The number of halogens is 1. The van der Waals surface area contributed by atoms with Crippen molar-refractivity contribution in [1.82, 2.24) is 10.1 Å². The molecule has 0 saturated carbocycles. The van der Waals surface area contributed by atoms with E-state index >= 15 is 0 Å². The molecule has 0 aliphatic rings. The Morgan fingerprint density at radius 3 is 2.67 bits per heavy atom. The fourth-order valence-corrected chi connectivity index (χ4v) is 3.51. The van der Waals surface area contributed by atoms with E-state index in [-0.39, 0.29) is 5.91 Å². The lowest BCUT2D eigenvalue weighted by atomic mass is 10.2. The quantitative estimate of drug-likeness (QED) is 0.547. The van der Waals surface area contributed by atoms with Crippen molar-refractivity contribution in [1.29, 1.82) is 0 Å². The van der Waals surface area contributed by atoms with Gasteiger partial charge in [0.05, 0.1) is 5.02 Å². The summed E-state index contributed by atoms with van der Waals surface area (Å²) in [7, 11) is 0. The van der Waals surface area contributed by atoms with Crippen molar-refractivity contribution >= 4 is 35.0 Å². The SMILES string of the molecule is CCCc1noc(CCC(=O)Nc2ccc(Sc3ccccc3Cl)cc2)n1. The lowest BCUT2D eigenvalue weighted by Crippen LogP contribution is -2.12. The Hall–Kier alpha value is -2.31. The van der Waals surface area contributed by atoms with E-state index in [2.05, 4.69) is 22.4 Å². The molecular formula is C20H20ClN3O2S. The topological polar surface area (TPSA) is 68.0 Å². The molecule has 0 radical (unpaired) electrons. The molecule has 0 bridgehead atoms. The smallest absolute Gasteiger partial charge is 0.227 e. The Balaban J connectivity index is 1.50. The molecule has 1 heterocycles. The summed E-state index contributed by atoms with van der Waals surface area (Å²) < 4.78 is 5.15. The zero-order valence-corrected chi connectivity index (χ0v) is 16.5. The summed E-state index contributed by atoms with van der Waals surface area (Å²) in [5, 5.41) is 7.50. The van der Waals surface area contributed by atoms with E-state index in [1.165, 1.54) is 0 Å². The van der Waals surface area contributed by atoms with Crippen molar-refractivity contribution in [2.24, 2.45) is 0 Å². The molecule has 0 aliphatic carbocycles. The Morgan fingerprint density at radius 2 is 1.93 bits per heavy atom. The van der Waals surface area contributed by atoms with Crippen LogP contribution in [-0.2, 0) is 17.6 Å². The third-order valence-corrected chi connectivity index (χ3v) is 5.28. The van der Waals surface area contributed by atoms with E-state index in [4.69, 9.17) is 16.1 Å². The molecule has 3 rings (SSSR count). The first-order valence-corrected chi connectivity index (χ1v) is 9.97.